The molecule has 4 rings (SSSR count). The van der Waals surface area contributed by atoms with Gasteiger partial charge in [-0.25, -0.2) is 4.68 Å². The largest absolute Gasteiger partial charge is 0.396 e. The van der Waals surface area contributed by atoms with E-state index in [1.165, 1.54) is 55.5 Å². The molecule has 0 aliphatic heterocycles. The Morgan fingerprint density at radius 2 is 1.83 bits per heavy atom. The number of aliphatic hydroxyl groups is 1. The third-order valence-corrected chi connectivity index (χ3v) is 5.71. The molecule has 23 heavy (non-hydrogen) atoms. The standard InChI is InChI=1S/C20H26N2O/c23-14-18(15-8-3-1-4-9-15)20-17-12-7-13-19(17)21-22(20)16-10-5-2-6-11-16/h2,5-6,10-11,15,18,23H,1,3-4,7-9,12-14H2. The molecule has 1 unspecified atom stereocenters. The van der Waals surface area contributed by atoms with Crippen molar-refractivity contribution >= 4 is 0 Å². The van der Waals surface area contributed by atoms with Crippen LogP contribution in [0, 0.1) is 5.92 Å². The Hall–Kier alpha value is -1.61. The van der Waals surface area contributed by atoms with Gasteiger partial charge in [0.2, 0.25) is 0 Å². The summed E-state index contributed by atoms with van der Waals surface area (Å²) in [5, 5.41) is 15.1. The van der Waals surface area contributed by atoms with Gasteiger partial charge in [0.1, 0.15) is 0 Å². The molecule has 2 aromatic rings. The number of hydrogen-bond acceptors (Lipinski definition) is 2. The number of benzene rings is 1. The van der Waals surface area contributed by atoms with Crippen molar-refractivity contribution in [3.63, 3.8) is 0 Å². The number of aromatic nitrogens is 2. The molecule has 1 N–H and O–H groups in total. The van der Waals surface area contributed by atoms with Gasteiger partial charge < -0.3 is 5.11 Å². The van der Waals surface area contributed by atoms with Crippen molar-refractivity contribution in [2.24, 2.45) is 5.92 Å². The average molecular weight is 310 g/mol. The minimum absolute atomic E-state index is 0.241. The second-order valence-corrected chi connectivity index (χ2v) is 7.10. The molecule has 1 atom stereocenters. The maximum Gasteiger partial charge on any atom is 0.0664 e. The molecule has 122 valence electrons. The van der Waals surface area contributed by atoms with E-state index >= 15 is 0 Å². The van der Waals surface area contributed by atoms with Crippen LogP contribution in [0.25, 0.3) is 5.69 Å². The first-order valence-corrected chi connectivity index (χ1v) is 9.15. The fraction of sp³-hybridized carbons (Fsp3) is 0.550. The summed E-state index contributed by atoms with van der Waals surface area (Å²) in [6, 6.07) is 10.4. The Morgan fingerprint density at radius 1 is 1.04 bits per heavy atom. The van der Waals surface area contributed by atoms with Crippen LogP contribution in [0.1, 0.15) is 61.4 Å². The lowest BCUT2D eigenvalue weighted by Gasteiger charge is -2.30. The van der Waals surface area contributed by atoms with Gasteiger partial charge in [-0.2, -0.15) is 5.10 Å². The number of rotatable bonds is 4. The van der Waals surface area contributed by atoms with Crippen molar-refractivity contribution in [1.82, 2.24) is 9.78 Å². The third-order valence-electron chi connectivity index (χ3n) is 5.71. The SMILES string of the molecule is OCC(c1c2c(nn1-c1ccccc1)CCC2)C1CCCCC1. The maximum atomic E-state index is 10.2. The van der Waals surface area contributed by atoms with E-state index in [0.717, 1.165) is 18.5 Å². The number of aliphatic hydroxyl groups excluding tert-OH is 1. The highest BCUT2D eigenvalue weighted by atomic mass is 16.3. The molecule has 0 spiro atoms. The van der Waals surface area contributed by atoms with Crippen LogP contribution in [0.5, 0.6) is 0 Å². The van der Waals surface area contributed by atoms with E-state index in [-0.39, 0.29) is 12.5 Å². The van der Waals surface area contributed by atoms with Crippen molar-refractivity contribution in [2.75, 3.05) is 6.61 Å². The Morgan fingerprint density at radius 3 is 2.57 bits per heavy atom. The van der Waals surface area contributed by atoms with Gasteiger partial charge in [-0.1, -0.05) is 37.5 Å². The van der Waals surface area contributed by atoms with Crippen LogP contribution in [0.3, 0.4) is 0 Å². The van der Waals surface area contributed by atoms with E-state index in [0.29, 0.717) is 5.92 Å². The molecule has 0 saturated heterocycles. The summed E-state index contributed by atoms with van der Waals surface area (Å²) in [5.41, 5.74) is 5.13. The number of nitrogens with zero attached hydrogens (tertiary/aromatic N) is 2. The predicted molar refractivity (Wildman–Crippen MR) is 92.0 cm³/mol. The lowest BCUT2D eigenvalue weighted by atomic mass is 9.78. The Balaban J connectivity index is 1.79. The molecule has 0 bridgehead atoms. The van der Waals surface area contributed by atoms with Crippen LogP contribution >= 0.6 is 0 Å². The molecule has 2 aliphatic rings. The van der Waals surface area contributed by atoms with E-state index in [4.69, 9.17) is 5.10 Å². The van der Waals surface area contributed by atoms with Gasteiger partial charge in [-0.05, 0) is 55.7 Å². The normalized spacial score (nSPS) is 19.7. The van der Waals surface area contributed by atoms with Gasteiger partial charge >= 0.3 is 0 Å². The van der Waals surface area contributed by atoms with Crippen molar-refractivity contribution < 1.29 is 5.11 Å². The Bertz CT molecular complexity index is 656. The summed E-state index contributed by atoms with van der Waals surface area (Å²) in [7, 11) is 0. The molecule has 1 aromatic carbocycles. The van der Waals surface area contributed by atoms with E-state index in [9.17, 15) is 5.11 Å². The highest BCUT2D eigenvalue weighted by molar-refractivity contribution is 5.41. The predicted octanol–water partition coefficient (Wildman–Crippen LogP) is 4.02. The summed E-state index contributed by atoms with van der Waals surface area (Å²) >= 11 is 0. The number of aryl methyl sites for hydroxylation is 1. The van der Waals surface area contributed by atoms with Crippen LogP contribution in [0.4, 0.5) is 0 Å². The van der Waals surface area contributed by atoms with Crippen molar-refractivity contribution in [3.8, 4) is 5.69 Å². The first-order chi connectivity index (χ1) is 11.4. The fourth-order valence-corrected chi connectivity index (χ4v) is 4.56. The monoisotopic (exact) mass is 310 g/mol. The van der Waals surface area contributed by atoms with Gasteiger partial charge in [0, 0.05) is 5.92 Å². The van der Waals surface area contributed by atoms with Crippen LogP contribution < -0.4 is 0 Å². The quantitative estimate of drug-likeness (QED) is 0.926. The van der Waals surface area contributed by atoms with E-state index in [1.807, 2.05) is 6.07 Å². The molecule has 1 aromatic heterocycles. The lowest BCUT2D eigenvalue weighted by Crippen LogP contribution is -2.23. The minimum atomic E-state index is 0.241. The number of fused-ring (bicyclic) bond motifs is 1. The molecule has 1 fully saturated rings. The Kier molecular flexibility index (Phi) is 4.21. The van der Waals surface area contributed by atoms with Crippen LogP contribution in [0.2, 0.25) is 0 Å². The second kappa shape index (κ2) is 6.48. The van der Waals surface area contributed by atoms with Crippen molar-refractivity contribution in [3.05, 3.63) is 47.3 Å². The highest BCUT2D eigenvalue weighted by Gasteiger charge is 2.33. The second-order valence-electron chi connectivity index (χ2n) is 7.10. The number of para-hydroxylation sites is 1. The molecule has 3 heteroatoms. The summed E-state index contributed by atoms with van der Waals surface area (Å²) in [6.07, 6.45) is 9.89. The minimum Gasteiger partial charge on any atom is -0.396 e. The first-order valence-electron chi connectivity index (χ1n) is 9.15. The fourth-order valence-electron chi connectivity index (χ4n) is 4.56. The van der Waals surface area contributed by atoms with E-state index < -0.39 is 0 Å². The number of hydrogen-bond donors (Lipinski definition) is 1. The van der Waals surface area contributed by atoms with Crippen LogP contribution in [0.15, 0.2) is 30.3 Å². The Labute approximate surface area is 138 Å². The highest BCUT2D eigenvalue weighted by Crippen LogP contribution is 2.40. The van der Waals surface area contributed by atoms with Gasteiger partial charge in [0.15, 0.2) is 0 Å². The zero-order valence-electron chi connectivity index (χ0n) is 13.7. The van der Waals surface area contributed by atoms with Crippen LogP contribution in [-0.4, -0.2) is 21.5 Å². The van der Waals surface area contributed by atoms with Crippen molar-refractivity contribution in [1.29, 1.82) is 0 Å². The average Bonchev–Trinajstić information content (AvgIpc) is 3.20. The molecule has 0 amide bonds. The van der Waals surface area contributed by atoms with Gasteiger partial charge in [-0.15, -0.1) is 0 Å². The molecule has 1 saturated carbocycles. The summed E-state index contributed by atoms with van der Waals surface area (Å²) < 4.78 is 2.14. The smallest absolute Gasteiger partial charge is 0.0664 e. The molecule has 3 nitrogen and oxygen atoms in total. The lowest BCUT2D eigenvalue weighted by molar-refractivity contribution is 0.191. The van der Waals surface area contributed by atoms with Gasteiger partial charge in [-0.3, -0.25) is 0 Å². The maximum absolute atomic E-state index is 10.2. The zero-order chi connectivity index (χ0) is 15.6. The van der Waals surface area contributed by atoms with E-state index in [2.05, 4.69) is 28.9 Å². The molecular weight excluding hydrogens is 284 g/mol. The van der Waals surface area contributed by atoms with Gasteiger partial charge in [0.05, 0.1) is 23.7 Å². The molecule has 0 radical (unpaired) electrons. The summed E-state index contributed by atoms with van der Waals surface area (Å²) in [6.45, 7) is 0.246. The topological polar surface area (TPSA) is 38.1 Å². The zero-order valence-corrected chi connectivity index (χ0v) is 13.7. The summed E-state index contributed by atoms with van der Waals surface area (Å²) in [4.78, 5) is 0. The molecular formula is C20H26N2O. The van der Waals surface area contributed by atoms with Gasteiger partial charge in [0.25, 0.3) is 0 Å². The molecule has 2 aliphatic carbocycles. The van der Waals surface area contributed by atoms with Crippen molar-refractivity contribution in [2.45, 2.75) is 57.3 Å². The van der Waals surface area contributed by atoms with Crippen LogP contribution in [-0.2, 0) is 12.8 Å². The third kappa shape index (κ3) is 2.72. The van der Waals surface area contributed by atoms with E-state index in [1.54, 1.807) is 0 Å². The summed E-state index contributed by atoms with van der Waals surface area (Å²) in [5.74, 6) is 0.850. The first kappa shape index (κ1) is 14.9. The molecule has 1 heterocycles.